The van der Waals surface area contributed by atoms with E-state index in [9.17, 15) is 18.0 Å². The van der Waals surface area contributed by atoms with Crippen LogP contribution in [0.15, 0.2) is 23.6 Å². The van der Waals surface area contributed by atoms with Crippen molar-refractivity contribution >= 4 is 17.4 Å². The lowest BCUT2D eigenvalue weighted by Crippen LogP contribution is -2.36. The molecule has 1 aliphatic rings. The van der Waals surface area contributed by atoms with Crippen LogP contribution in [0, 0.1) is 6.92 Å². The number of nitrogens with zero attached hydrogens (tertiary/aromatic N) is 4. The van der Waals surface area contributed by atoms with E-state index in [1.165, 1.54) is 13.0 Å². The molecular weight excluding hydrogens is 379 g/mol. The van der Waals surface area contributed by atoms with Crippen molar-refractivity contribution in [2.45, 2.75) is 26.1 Å². The highest BCUT2D eigenvalue weighted by molar-refractivity contribution is 7.03. The van der Waals surface area contributed by atoms with Crippen molar-refractivity contribution in [3.8, 4) is 11.3 Å². The number of fused-ring (bicyclic) bond motifs is 1. The predicted molar refractivity (Wildman–Crippen MR) is 92.1 cm³/mol. The van der Waals surface area contributed by atoms with Gasteiger partial charge in [0.25, 0.3) is 5.91 Å². The van der Waals surface area contributed by atoms with E-state index in [-0.39, 0.29) is 23.7 Å². The summed E-state index contributed by atoms with van der Waals surface area (Å²) in [5, 5.41) is 12.5. The molecule has 0 saturated carbocycles. The number of alkyl halides is 3. The zero-order valence-corrected chi connectivity index (χ0v) is 15.0. The van der Waals surface area contributed by atoms with Crippen LogP contribution in [0.5, 0.6) is 0 Å². The summed E-state index contributed by atoms with van der Waals surface area (Å²) in [5.41, 5.74) is 2.13. The number of hydrogen-bond donors (Lipinski definition) is 1. The molecule has 0 aliphatic carbocycles. The van der Waals surface area contributed by atoms with E-state index in [2.05, 4.69) is 19.8 Å². The van der Waals surface area contributed by atoms with Gasteiger partial charge >= 0.3 is 6.18 Å². The molecule has 4 rings (SSSR count). The van der Waals surface area contributed by atoms with Crippen molar-refractivity contribution in [1.29, 1.82) is 0 Å². The van der Waals surface area contributed by atoms with Crippen LogP contribution in [-0.2, 0) is 19.1 Å². The average molecular weight is 393 g/mol. The quantitative estimate of drug-likeness (QED) is 0.724. The molecule has 2 aromatic heterocycles. The second-order valence-corrected chi connectivity index (χ2v) is 6.88. The fraction of sp³-hybridized carbons (Fsp3) is 0.294. The Morgan fingerprint density at radius 1 is 1.33 bits per heavy atom. The Kier molecular flexibility index (Phi) is 4.22. The molecule has 6 nitrogen and oxygen atoms in total. The number of nitrogens with one attached hydrogen (secondary N) is 1. The number of carbonyl (C=O) groups is 1. The van der Waals surface area contributed by atoms with Crippen LogP contribution >= 0.6 is 11.5 Å². The summed E-state index contributed by atoms with van der Waals surface area (Å²) in [6.07, 6.45) is -3.89. The fourth-order valence-corrected chi connectivity index (χ4v) is 3.74. The molecule has 0 bridgehead atoms. The average Bonchev–Trinajstić information content (AvgIpc) is 3.30. The summed E-state index contributed by atoms with van der Waals surface area (Å²) in [5.74, 6) is -0.248. The van der Waals surface area contributed by atoms with Crippen LogP contribution in [0.4, 0.5) is 13.2 Å². The first-order chi connectivity index (χ1) is 12.9. The molecule has 10 heteroatoms. The third-order valence-corrected chi connectivity index (χ3v) is 5.20. The number of H-pyrrole nitrogens is 1. The van der Waals surface area contributed by atoms with Crippen molar-refractivity contribution in [2.24, 2.45) is 0 Å². The van der Waals surface area contributed by atoms with E-state index in [4.69, 9.17) is 0 Å². The highest BCUT2D eigenvalue weighted by Gasteiger charge is 2.34. The zero-order valence-electron chi connectivity index (χ0n) is 14.2. The van der Waals surface area contributed by atoms with Crippen LogP contribution in [-0.4, -0.2) is 37.1 Å². The molecule has 3 heterocycles. The van der Waals surface area contributed by atoms with Crippen molar-refractivity contribution in [3.05, 3.63) is 51.7 Å². The van der Waals surface area contributed by atoms with Gasteiger partial charge in [-0.3, -0.25) is 9.89 Å². The van der Waals surface area contributed by atoms with Gasteiger partial charge in [-0.2, -0.15) is 18.3 Å². The summed E-state index contributed by atoms with van der Waals surface area (Å²) in [6, 6.07) is 4.05. The Hall–Kier alpha value is -2.75. The molecule has 1 N–H and O–H groups in total. The highest BCUT2D eigenvalue weighted by Crippen LogP contribution is 2.37. The number of aromatic nitrogens is 4. The number of amides is 1. The largest absolute Gasteiger partial charge is 0.416 e. The molecule has 0 spiro atoms. The Bertz CT molecular complexity index is 997. The maximum absolute atomic E-state index is 13.2. The van der Waals surface area contributed by atoms with Crippen LogP contribution in [0.25, 0.3) is 11.3 Å². The van der Waals surface area contributed by atoms with Gasteiger partial charge in [-0.15, -0.1) is 5.10 Å². The number of benzene rings is 1. The number of aromatic amines is 1. The van der Waals surface area contributed by atoms with Crippen molar-refractivity contribution < 1.29 is 18.0 Å². The Balaban J connectivity index is 1.71. The SMILES string of the molecule is Cc1c(-c2n[nH]c3c2CN(C(=O)c2csnn2)CC3)cccc1C(F)(F)F. The minimum atomic E-state index is -4.43. The fourth-order valence-electron chi connectivity index (χ4n) is 3.31. The van der Waals surface area contributed by atoms with Crippen LogP contribution < -0.4 is 0 Å². The molecule has 3 aromatic rings. The Morgan fingerprint density at radius 2 is 2.15 bits per heavy atom. The first-order valence-corrected chi connectivity index (χ1v) is 8.99. The number of carbonyl (C=O) groups excluding carboxylic acids is 1. The van der Waals surface area contributed by atoms with Gasteiger partial charge in [-0.1, -0.05) is 16.6 Å². The van der Waals surface area contributed by atoms with Crippen molar-refractivity contribution in [2.75, 3.05) is 6.54 Å². The van der Waals surface area contributed by atoms with E-state index < -0.39 is 11.7 Å². The minimum absolute atomic E-state index is 0.117. The normalized spacial score (nSPS) is 14.3. The standard InChI is InChI=1S/C17H14F3N5OS/c1-9-10(3-2-4-12(9)17(18,19)20)15-11-7-25(6-5-13(11)21-23-15)16(26)14-8-27-24-22-14/h2-4,8H,5-7H2,1H3,(H,21,23). The third-order valence-electron chi connectivity index (χ3n) is 4.69. The van der Waals surface area contributed by atoms with Crippen molar-refractivity contribution in [1.82, 2.24) is 24.7 Å². The van der Waals surface area contributed by atoms with Crippen LogP contribution in [0.2, 0.25) is 0 Å². The number of rotatable bonds is 2. The summed E-state index contributed by atoms with van der Waals surface area (Å²) in [7, 11) is 0. The molecule has 0 fully saturated rings. The minimum Gasteiger partial charge on any atom is -0.332 e. The topological polar surface area (TPSA) is 74.8 Å². The maximum atomic E-state index is 13.2. The molecule has 1 aliphatic heterocycles. The molecule has 0 atom stereocenters. The first kappa shape index (κ1) is 17.7. The molecule has 0 unspecified atom stereocenters. The Labute approximate surface area is 156 Å². The van der Waals surface area contributed by atoms with Gasteiger partial charge < -0.3 is 4.90 Å². The van der Waals surface area contributed by atoms with E-state index in [0.29, 0.717) is 24.2 Å². The molecular formula is C17H14F3N5OS. The van der Waals surface area contributed by atoms with E-state index in [1.54, 1.807) is 16.3 Å². The lowest BCUT2D eigenvalue weighted by Gasteiger charge is -2.26. The lowest BCUT2D eigenvalue weighted by atomic mass is 9.95. The van der Waals surface area contributed by atoms with Gasteiger partial charge in [-0.05, 0) is 30.1 Å². The second-order valence-electron chi connectivity index (χ2n) is 6.27. The molecule has 0 saturated heterocycles. The van der Waals surface area contributed by atoms with Gasteiger partial charge in [0, 0.05) is 35.2 Å². The van der Waals surface area contributed by atoms with Gasteiger partial charge in [-0.25, -0.2) is 0 Å². The molecule has 140 valence electrons. The summed E-state index contributed by atoms with van der Waals surface area (Å²) < 4.78 is 43.4. The van der Waals surface area contributed by atoms with Gasteiger partial charge in [0.05, 0.1) is 17.8 Å². The monoisotopic (exact) mass is 393 g/mol. The van der Waals surface area contributed by atoms with E-state index in [0.717, 1.165) is 28.9 Å². The smallest absolute Gasteiger partial charge is 0.332 e. The third kappa shape index (κ3) is 3.09. The van der Waals surface area contributed by atoms with Crippen LogP contribution in [0.3, 0.4) is 0 Å². The molecule has 1 aromatic carbocycles. The maximum Gasteiger partial charge on any atom is 0.416 e. The summed E-state index contributed by atoms with van der Waals surface area (Å²) in [6.45, 7) is 2.17. The molecule has 1 amide bonds. The van der Waals surface area contributed by atoms with Crippen molar-refractivity contribution in [3.63, 3.8) is 0 Å². The molecule has 0 radical (unpaired) electrons. The zero-order chi connectivity index (χ0) is 19.2. The molecule has 27 heavy (non-hydrogen) atoms. The van der Waals surface area contributed by atoms with E-state index in [1.807, 2.05) is 0 Å². The Morgan fingerprint density at radius 3 is 2.85 bits per heavy atom. The van der Waals surface area contributed by atoms with Gasteiger partial charge in [0.2, 0.25) is 0 Å². The second kappa shape index (κ2) is 6.45. The van der Waals surface area contributed by atoms with Crippen LogP contribution in [0.1, 0.15) is 32.9 Å². The van der Waals surface area contributed by atoms with Gasteiger partial charge in [0.1, 0.15) is 0 Å². The summed E-state index contributed by atoms with van der Waals surface area (Å²) >= 11 is 1.09. The lowest BCUT2D eigenvalue weighted by molar-refractivity contribution is -0.138. The number of hydrogen-bond acceptors (Lipinski definition) is 5. The highest BCUT2D eigenvalue weighted by atomic mass is 32.1. The van der Waals surface area contributed by atoms with Gasteiger partial charge in [0.15, 0.2) is 5.69 Å². The van der Waals surface area contributed by atoms with E-state index >= 15 is 0 Å². The first-order valence-electron chi connectivity index (χ1n) is 8.16. The number of halogens is 3. The summed E-state index contributed by atoms with van der Waals surface area (Å²) in [4.78, 5) is 14.2. The predicted octanol–water partition coefficient (Wildman–Crippen LogP) is 3.45.